The highest BCUT2D eigenvalue weighted by Gasteiger charge is 2.11. The molecule has 0 aliphatic rings. The largest absolute Gasteiger partial charge is 0.478 e. The minimum atomic E-state index is -1.07. The van der Waals surface area contributed by atoms with Crippen LogP contribution in [0.25, 0.3) is 0 Å². The number of methoxy groups -OCH3 is 1. The minimum Gasteiger partial charge on any atom is -0.478 e. The molecule has 5 heteroatoms. The van der Waals surface area contributed by atoms with Crippen molar-refractivity contribution in [2.24, 2.45) is 0 Å². The Kier molecular flexibility index (Phi) is 6.37. The van der Waals surface area contributed by atoms with Crippen LogP contribution < -0.4 is 5.32 Å². The second kappa shape index (κ2) is 7.00. The van der Waals surface area contributed by atoms with Gasteiger partial charge in [0.1, 0.15) is 0 Å². The van der Waals surface area contributed by atoms with E-state index in [1.165, 1.54) is 13.8 Å². The Morgan fingerprint density at radius 3 is 2.33 bits per heavy atom. The van der Waals surface area contributed by atoms with E-state index in [4.69, 9.17) is 9.84 Å². The molecule has 0 unspecified atom stereocenters. The van der Waals surface area contributed by atoms with Crippen molar-refractivity contribution in [1.82, 2.24) is 5.32 Å². The molecule has 0 fully saturated rings. The topological polar surface area (TPSA) is 75.6 Å². The summed E-state index contributed by atoms with van der Waals surface area (Å²) in [6.07, 6.45) is 0.710. The first-order valence-electron chi connectivity index (χ1n) is 4.68. The van der Waals surface area contributed by atoms with Crippen molar-refractivity contribution in [3.05, 3.63) is 11.1 Å². The molecular weight excluding hydrogens is 198 g/mol. The van der Waals surface area contributed by atoms with Crippen LogP contribution in [0.1, 0.15) is 20.3 Å². The Labute approximate surface area is 89.1 Å². The fraction of sp³-hybridized carbons (Fsp3) is 0.600. The SMILES string of the molecule is COCCCNC(=O)C(C)=C(C)C(=O)O. The van der Waals surface area contributed by atoms with Gasteiger partial charge in [0.2, 0.25) is 5.91 Å². The van der Waals surface area contributed by atoms with Crippen LogP contribution in [-0.4, -0.2) is 37.2 Å². The number of carbonyl (C=O) groups excluding carboxylic acids is 1. The number of ether oxygens (including phenoxy) is 1. The molecule has 1 amide bonds. The lowest BCUT2D eigenvalue weighted by Gasteiger charge is -2.06. The van der Waals surface area contributed by atoms with E-state index in [2.05, 4.69) is 5.32 Å². The number of nitrogens with one attached hydrogen (secondary N) is 1. The summed E-state index contributed by atoms with van der Waals surface area (Å²) in [5.41, 5.74) is 0.305. The molecule has 0 saturated heterocycles. The second-order valence-electron chi connectivity index (χ2n) is 3.16. The van der Waals surface area contributed by atoms with Gasteiger partial charge in [-0.1, -0.05) is 0 Å². The number of carbonyl (C=O) groups is 2. The standard InChI is InChI=1S/C10H17NO4/c1-7(8(2)10(13)14)9(12)11-5-4-6-15-3/h4-6H2,1-3H3,(H,11,12)(H,13,14). The predicted octanol–water partition coefficient (Wildman–Crippen LogP) is 0.560. The summed E-state index contributed by atoms with van der Waals surface area (Å²) >= 11 is 0. The molecule has 0 aliphatic carbocycles. The third kappa shape index (κ3) is 5.17. The smallest absolute Gasteiger partial charge is 0.331 e. The van der Waals surface area contributed by atoms with Gasteiger partial charge in [-0.15, -0.1) is 0 Å². The molecule has 0 bridgehead atoms. The van der Waals surface area contributed by atoms with Crippen molar-refractivity contribution >= 4 is 11.9 Å². The van der Waals surface area contributed by atoms with Gasteiger partial charge < -0.3 is 15.2 Å². The molecule has 0 atom stereocenters. The predicted molar refractivity (Wildman–Crippen MR) is 55.5 cm³/mol. The molecule has 15 heavy (non-hydrogen) atoms. The van der Waals surface area contributed by atoms with Crippen LogP contribution in [-0.2, 0) is 14.3 Å². The summed E-state index contributed by atoms with van der Waals surface area (Å²) in [6.45, 7) is 3.96. The van der Waals surface area contributed by atoms with Gasteiger partial charge in [-0.05, 0) is 20.3 Å². The van der Waals surface area contributed by atoms with Crippen molar-refractivity contribution < 1.29 is 19.4 Å². The Morgan fingerprint density at radius 2 is 1.87 bits per heavy atom. The Morgan fingerprint density at radius 1 is 1.27 bits per heavy atom. The van der Waals surface area contributed by atoms with Gasteiger partial charge >= 0.3 is 5.97 Å². The number of aliphatic carboxylic acids is 1. The zero-order chi connectivity index (χ0) is 11.8. The zero-order valence-corrected chi connectivity index (χ0v) is 9.29. The van der Waals surface area contributed by atoms with Crippen LogP contribution in [0.2, 0.25) is 0 Å². The molecule has 0 aromatic heterocycles. The Balaban J connectivity index is 4.11. The lowest BCUT2D eigenvalue weighted by molar-refractivity contribution is -0.133. The first kappa shape index (κ1) is 13.6. The number of hydrogen-bond acceptors (Lipinski definition) is 3. The summed E-state index contributed by atoms with van der Waals surface area (Å²) in [5, 5.41) is 11.3. The quantitative estimate of drug-likeness (QED) is 0.501. The highest BCUT2D eigenvalue weighted by molar-refractivity contribution is 6.01. The third-order valence-electron chi connectivity index (χ3n) is 2.03. The molecule has 0 saturated carbocycles. The fourth-order valence-corrected chi connectivity index (χ4v) is 0.882. The summed E-state index contributed by atoms with van der Waals surface area (Å²) in [7, 11) is 1.58. The van der Waals surface area contributed by atoms with Gasteiger partial charge in [-0.3, -0.25) is 4.79 Å². The number of rotatable bonds is 6. The van der Waals surface area contributed by atoms with E-state index in [0.29, 0.717) is 19.6 Å². The van der Waals surface area contributed by atoms with E-state index in [1.54, 1.807) is 7.11 Å². The first-order chi connectivity index (χ1) is 7.00. The maximum atomic E-state index is 11.4. The Bertz CT molecular complexity index is 271. The van der Waals surface area contributed by atoms with Crippen LogP contribution in [0.5, 0.6) is 0 Å². The van der Waals surface area contributed by atoms with E-state index < -0.39 is 5.97 Å². The van der Waals surface area contributed by atoms with Gasteiger partial charge in [0.25, 0.3) is 0 Å². The second-order valence-corrected chi connectivity index (χ2v) is 3.16. The van der Waals surface area contributed by atoms with Gasteiger partial charge in [0.15, 0.2) is 0 Å². The van der Waals surface area contributed by atoms with Crippen molar-refractivity contribution in [2.45, 2.75) is 20.3 Å². The maximum Gasteiger partial charge on any atom is 0.331 e. The fourth-order valence-electron chi connectivity index (χ4n) is 0.882. The van der Waals surface area contributed by atoms with Crippen LogP contribution in [0.15, 0.2) is 11.1 Å². The number of hydrogen-bond donors (Lipinski definition) is 2. The van der Waals surface area contributed by atoms with Crippen molar-refractivity contribution in [3.63, 3.8) is 0 Å². The summed E-state index contributed by atoms with van der Waals surface area (Å²) in [6, 6.07) is 0. The van der Waals surface area contributed by atoms with Gasteiger partial charge in [-0.25, -0.2) is 4.79 Å². The molecule has 0 heterocycles. The highest BCUT2D eigenvalue weighted by Crippen LogP contribution is 2.03. The molecule has 0 aromatic carbocycles. The lowest BCUT2D eigenvalue weighted by atomic mass is 10.1. The Hall–Kier alpha value is -1.36. The monoisotopic (exact) mass is 215 g/mol. The van der Waals surface area contributed by atoms with Crippen molar-refractivity contribution in [2.75, 3.05) is 20.3 Å². The third-order valence-corrected chi connectivity index (χ3v) is 2.03. The van der Waals surface area contributed by atoms with Gasteiger partial charge in [0, 0.05) is 31.4 Å². The lowest BCUT2D eigenvalue weighted by Crippen LogP contribution is -2.27. The van der Waals surface area contributed by atoms with E-state index in [-0.39, 0.29) is 17.1 Å². The molecule has 0 rings (SSSR count). The molecule has 0 spiro atoms. The van der Waals surface area contributed by atoms with Crippen molar-refractivity contribution in [3.8, 4) is 0 Å². The van der Waals surface area contributed by atoms with E-state index >= 15 is 0 Å². The first-order valence-corrected chi connectivity index (χ1v) is 4.68. The summed E-state index contributed by atoms with van der Waals surface area (Å²) in [4.78, 5) is 21.9. The normalized spacial score (nSPS) is 11.9. The number of amides is 1. The average Bonchev–Trinajstić information content (AvgIpc) is 2.21. The molecule has 0 aliphatic heterocycles. The van der Waals surface area contributed by atoms with Gasteiger partial charge in [0.05, 0.1) is 0 Å². The van der Waals surface area contributed by atoms with Crippen molar-refractivity contribution in [1.29, 1.82) is 0 Å². The summed E-state index contributed by atoms with van der Waals surface area (Å²) < 4.78 is 4.81. The van der Waals surface area contributed by atoms with Gasteiger partial charge in [-0.2, -0.15) is 0 Å². The van der Waals surface area contributed by atoms with Crippen LogP contribution >= 0.6 is 0 Å². The van der Waals surface area contributed by atoms with E-state index in [9.17, 15) is 9.59 Å². The molecule has 0 radical (unpaired) electrons. The van der Waals surface area contributed by atoms with E-state index in [0.717, 1.165) is 0 Å². The number of carboxylic acids is 1. The summed E-state index contributed by atoms with van der Waals surface area (Å²) in [5.74, 6) is -1.41. The van der Waals surface area contributed by atoms with Crippen LogP contribution in [0, 0.1) is 0 Å². The number of carboxylic acid groups (broad SMARTS) is 1. The molecular formula is C10H17NO4. The maximum absolute atomic E-state index is 11.4. The zero-order valence-electron chi connectivity index (χ0n) is 9.29. The highest BCUT2D eigenvalue weighted by atomic mass is 16.5. The average molecular weight is 215 g/mol. The van der Waals surface area contributed by atoms with Crippen LogP contribution in [0.3, 0.4) is 0 Å². The minimum absolute atomic E-state index is 0.0687. The van der Waals surface area contributed by atoms with E-state index in [1.807, 2.05) is 0 Å². The van der Waals surface area contributed by atoms with Crippen LogP contribution in [0.4, 0.5) is 0 Å². The molecule has 0 aromatic rings. The molecule has 86 valence electrons. The molecule has 2 N–H and O–H groups in total. The molecule has 5 nitrogen and oxygen atoms in total.